The first kappa shape index (κ1) is 18.3. The highest BCUT2D eigenvalue weighted by Crippen LogP contribution is 2.41. The summed E-state index contributed by atoms with van der Waals surface area (Å²) in [5.74, 6) is 0.919. The van der Waals surface area contributed by atoms with E-state index in [0.29, 0.717) is 5.58 Å². The summed E-state index contributed by atoms with van der Waals surface area (Å²) in [6, 6.07) is 19.3. The molecule has 0 radical (unpaired) electrons. The Morgan fingerprint density at radius 1 is 0.893 bits per heavy atom. The molecule has 0 unspecified atom stereocenters. The van der Waals surface area contributed by atoms with Crippen LogP contribution >= 0.6 is 0 Å². The standard InChI is InChI=1S/C24H23NO3/c1-3-25(4-2)17-9-11-20-22(13-17)28-23-14-18(27)10-12-21(23)24(20)19-8-6-5-7-16(19)15-26/h5-14,26H,3-4,15H2,1-2H3/p+1. The van der Waals surface area contributed by atoms with Crippen molar-refractivity contribution >= 4 is 11.0 Å². The second-order valence-electron chi connectivity index (χ2n) is 6.83. The summed E-state index contributed by atoms with van der Waals surface area (Å²) in [4.78, 5) is 0. The van der Waals surface area contributed by atoms with Crippen LogP contribution in [0.4, 0.5) is 0 Å². The molecular formula is C24H24NO3+. The molecule has 142 valence electrons. The summed E-state index contributed by atoms with van der Waals surface area (Å²) in [6.45, 7) is 6.05. The highest BCUT2D eigenvalue weighted by Gasteiger charge is 2.20. The molecule has 4 heteroatoms. The smallest absolute Gasteiger partial charge is 0.203 e. The Morgan fingerprint density at radius 3 is 2.43 bits per heavy atom. The molecule has 0 bridgehead atoms. The predicted octanol–water partition coefficient (Wildman–Crippen LogP) is 4.21. The van der Waals surface area contributed by atoms with E-state index in [1.807, 2.05) is 30.3 Å². The first-order valence-corrected chi connectivity index (χ1v) is 9.63. The normalized spacial score (nSPS) is 11.2. The second kappa shape index (κ2) is 7.49. The van der Waals surface area contributed by atoms with Gasteiger partial charge in [0.2, 0.25) is 5.36 Å². The van der Waals surface area contributed by atoms with Crippen LogP contribution in [0, 0.1) is 0 Å². The van der Waals surface area contributed by atoms with Gasteiger partial charge in [0.25, 0.3) is 0 Å². The highest BCUT2D eigenvalue weighted by atomic mass is 16.3. The third kappa shape index (κ3) is 3.06. The minimum absolute atomic E-state index is 0.0409. The maximum Gasteiger partial charge on any atom is 0.203 e. The number of rotatable bonds is 4. The lowest BCUT2D eigenvalue weighted by Crippen LogP contribution is -2.29. The number of hydrogen-bond acceptors (Lipinski definition) is 3. The molecule has 4 rings (SSSR count). The van der Waals surface area contributed by atoms with E-state index >= 15 is 0 Å². The molecule has 1 heterocycles. The van der Waals surface area contributed by atoms with E-state index in [1.54, 1.807) is 12.1 Å². The summed E-state index contributed by atoms with van der Waals surface area (Å²) in [6.07, 6.45) is 0. The van der Waals surface area contributed by atoms with Crippen molar-refractivity contribution in [3.05, 3.63) is 71.6 Å². The maximum atomic E-state index is 9.98. The lowest BCUT2D eigenvalue weighted by molar-refractivity contribution is 0.282. The monoisotopic (exact) mass is 374 g/mol. The van der Waals surface area contributed by atoms with E-state index in [9.17, 15) is 10.2 Å². The Hall–Kier alpha value is -3.11. The van der Waals surface area contributed by atoms with E-state index in [1.165, 1.54) is 0 Å². The van der Waals surface area contributed by atoms with Crippen molar-refractivity contribution in [2.45, 2.75) is 20.5 Å². The summed E-state index contributed by atoms with van der Waals surface area (Å²) < 4.78 is 8.46. The number of aliphatic hydroxyl groups excluding tert-OH is 1. The van der Waals surface area contributed by atoms with E-state index in [2.05, 4.69) is 36.6 Å². The molecule has 1 aliphatic heterocycles. The summed E-state index contributed by atoms with van der Waals surface area (Å²) in [5.41, 5.74) is 4.43. The van der Waals surface area contributed by atoms with Gasteiger partial charge >= 0.3 is 0 Å². The molecule has 2 aromatic rings. The molecule has 1 aliphatic carbocycles. The van der Waals surface area contributed by atoms with Gasteiger partial charge in [0.15, 0.2) is 0 Å². The van der Waals surface area contributed by atoms with Gasteiger partial charge < -0.3 is 14.6 Å². The number of phenols is 1. The van der Waals surface area contributed by atoms with E-state index in [0.717, 1.165) is 51.8 Å². The van der Waals surface area contributed by atoms with Crippen molar-refractivity contribution in [1.29, 1.82) is 0 Å². The van der Waals surface area contributed by atoms with Crippen LogP contribution in [-0.2, 0) is 6.61 Å². The molecule has 0 saturated heterocycles. The Labute approximate surface area is 164 Å². The van der Waals surface area contributed by atoms with Gasteiger partial charge in [-0.15, -0.1) is 0 Å². The van der Waals surface area contributed by atoms with Crippen LogP contribution in [0.1, 0.15) is 19.4 Å². The number of hydrogen-bond donors (Lipinski definition) is 2. The molecular weight excluding hydrogens is 350 g/mol. The average Bonchev–Trinajstić information content (AvgIpc) is 2.72. The van der Waals surface area contributed by atoms with Gasteiger partial charge in [-0.2, -0.15) is 0 Å². The topological polar surface area (TPSA) is 56.6 Å². The molecule has 0 amide bonds. The van der Waals surface area contributed by atoms with E-state index in [4.69, 9.17) is 4.42 Å². The number of aliphatic hydroxyl groups is 1. The Morgan fingerprint density at radius 2 is 1.68 bits per heavy atom. The van der Waals surface area contributed by atoms with Gasteiger partial charge in [-0.1, -0.05) is 24.3 Å². The van der Waals surface area contributed by atoms with Gasteiger partial charge in [-0.3, -0.25) is 0 Å². The molecule has 4 nitrogen and oxygen atoms in total. The average molecular weight is 374 g/mol. The molecule has 0 aromatic heterocycles. The highest BCUT2D eigenvalue weighted by molar-refractivity contribution is 6.02. The van der Waals surface area contributed by atoms with Crippen molar-refractivity contribution in [1.82, 2.24) is 4.58 Å². The zero-order valence-corrected chi connectivity index (χ0v) is 16.1. The van der Waals surface area contributed by atoms with Crippen LogP contribution in [0.15, 0.2) is 65.1 Å². The first-order valence-electron chi connectivity index (χ1n) is 9.63. The zero-order chi connectivity index (χ0) is 19.7. The molecule has 2 aromatic carbocycles. The predicted molar refractivity (Wildman–Crippen MR) is 112 cm³/mol. The van der Waals surface area contributed by atoms with Crippen LogP contribution in [0.3, 0.4) is 0 Å². The number of fused-ring (bicyclic) bond motifs is 2. The molecule has 28 heavy (non-hydrogen) atoms. The molecule has 0 spiro atoms. The van der Waals surface area contributed by atoms with Gasteiger partial charge in [0.05, 0.1) is 12.7 Å². The zero-order valence-electron chi connectivity index (χ0n) is 16.1. The quantitative estimate of drug-likeness (QED) is 0.415. The number of nitrogens with zero attached hydrogens (tertiary/aromatic N) is 1. The van der Waals surface area contributed by atoms with Crippen molar-refractivity contribution < 1.29 is 14.6 Å². The molecule has 0 fully saturated rings. The first-order chi connectivity index (χ1) is 13.7. The van der Waals surface area contributed by atoms with Crippen LogP contribution in [-0.4, -0.2) is 23.3 Å². The van der Waals surface area contributed by atoms with E-state index < -0.39 is 0 Å². The summed E-state index contributed by atoms with van der Waals surface area (Å²) in [5, 5.41) is 21.9. The number of benzene rings is 3. The van der Waals surface area contributed by atoms with Crippen molar-refractivity contribution in [2.24, 2.45) is 0 Å². The van der Waals surface area contributed by atoms with Crippen LogP contribution in [0.25, 0.3) is 33.4 Å². The fraction of sp³-hybridized carbons (Fsp3) is 0.208. The third-order valence-corrected chi connectivity index (χ3v) is 5.27. The van der Waals surface area contributed by atoms with Crippen LogP contribution in [0.2, 0.25) is 0 Å². The fourth-order valence-corrected chi connectivity index (χ4v) is 3.85. The van der Waals surface area contributed by atoms with Crippen molar-refractivity contribution in [2.75, 3.05) is 13.1 Å². The molecule has 0 atom stereocenters. The fourth-order valence-electron chi connectivity index (χ4n) is 3.85. The minimum atomic E-state index is -0.0409. The molecule has 2 N–H and O–H groups in total. The van der Waals surface area contributed by atoms with Gasteiger partial charge in [0.1, 0.15) is 30.2 Å². The Kier molecular flexibility index (Phi) is 4.88. The third-order valence-electron chi connectivity index (χ3n) is 5.27. The summed E-state index contributed by atoms with van der Waals surface area (Å²) in [7, 11) is 0. The van der Waals surface area contributed by atoms with Crippen LogP contribution < -0.4 is 9.93 Å². The van der Waals surface area contributed by atoms with Gasteiger partial charge in [0, 0.05) is 28.6 Å². The Balaban J connectivity index is 2.16. The Bertz CT molecular complexity index is 1180. The molecule has 2 aliphatic rings. The van der Waals surface area contributed by atoms with Gasteiger partial charge in [-0.25, -0.2) is 4.58 Å². The number of phenolic OH excluding ortho intramolecular Hbond substituents is 1. The lowest BCUT2D eigenvalue weighted by Gasteiger charge is -2.17. The second-order valence-corrected chi connectivity index (χ2v) is 6.83. The SMILES string of the molecule is CC[N+](CC)=c1ccc2c(-c3ccccc3CO)c3ccc(O)cc3oc-2c1. The van der Waals surface area contributed by atoms with Gasteiger partial charge in [-0.05, 0) is 43.2 Å². The van der Waals surface area contributed by atoms with Crippen molar-refractivity contribution in [3.8, 4) is 28.2 Å². The lowest BCUT2D eigenvalue weighted by atomic mass is 9.91. The summed E-state index contributed by atoms with van der Waals surface area (Å²) >= 11 is 0. The van der Waals surface area contributed by atoms with Crippen molar-refractivity contribution in [3.63, 3.8) is 0 Å². The van der Waals surface area contributed by atoms with E-state index in [-0.39, 0.29) is 12.4 Å². The molecule has 0 saturated carbocycles. The maximum absolute atomic E-state index is 9.98. The largest absolute Gasteiger partial charge is 0.508 e. The van der Waals surface area contributed by atoms with Crippen LogP contribution in [0.5, 0.6) is 5.75 Å². The number of aromatic hydroxyl groups is 1. The minimum Gasteiger partial charge on any atom is -0.508 e.